The number of ketones is 2. The standard InChI is InChI=1S/C21H23NO7S/c1-27-14-7-5-13-10-15(20(25)29-17(13)11-14)22-21(26)28-9-3-4-12-6-8-16(23)19(30-2)18(12)24/h5,7,10-12,19H,3-4,6,8-9H2,1-2H3,(H,22,26). The average Bonchev–Trinajstić information content (AvgIpc) is 2.73. The fourth-order valence-corrected chi connectivity index (χ4v) is 4.25. The van der Waals surface area contributed by atoms with Gasteiger partial charge in [0.05, 0.1) is 13.7 Å². The van der Waals surface area contributed by atoms with E-state index in [2.05, 4.69) is 5.32 Å². The molecular weight excluding hydrogens is 410 g/mol. The van der Waals surface area contributed by atoms with E-state index in [-0.39, 0.29) is 29.8 Å². The lowest BCUT2D eigenvalue weighted by Crippen LogP contribution is -2.37. The number of anilines is 1. The van der Waals surface area contributed by atoms with E-state index < -0.39 is 17.0 Å². The third kappa shape index (κ3) is 5.02. The number of hydrogen-bond donors (Lipinski definition) is 1. The summed E-state index contributed by atoms with van der Waals surface area (Å²) in [5.41, 5.74) is -0.382. The van der Waals surface area contributed by atoms with E-state index in [1.165, 1.54) is 24.9 Å². The zero-order chi connectivity index (χ0) is 21.7. The van der Waals surface area contributed by atoms with Crippen LogP contribution in [0.15, 0.2) is 33.5 Å². The predicted molar refractivity (Wildman–Crippen MR) is 113 cm³/mol. The molecule has 0 radical (unpaired) electrons. The van der Waals surface area contributed by atoms with E-state index in [0.29, 0.717) is 42.4 Å². The maximum atomic E-state index is 12.3. The third-order valence-corrected chi connectivity index (χ3v) is 6.00. The lowest BCUT2D eigenvalue weighted by atomic mass is 9.84. The molecule has 1 heterocycles. The maximum Gasteiger partial charge on any atom is 0.411 e. The van der Waals surface area contributed by atoms with Gasteiger partial charge in [0.1, 0.15) is 22.3 Å². The van der Waals surface area contributed by atoms with Gasteiger partial charge in [0.2, 0.25) is 0 Å². The molecule has 0 saturated heterocycles. The van der Waals surface area contributed by atoms with Crippen LogP contribution in [0.25, 0.3) is 11.0 Å². The molecular formula is C21H23NO7S. The van der Waals surface area contributed by atoms with Gasteiger partial charge >= 0.3 is 11.7 Å². The smallest absolute Gasteiger partial charge is 0.411 e. The van der Waals surface area contributed by atoms with Crippen molar-refractivity contribution in [2.75, 3.05) is 25.3 Å². The number of ether oxygens (including phenoxy) is 2. The van der Waals surface area contributed by atoms with Gasteiger partial charge in [-0.2, -0.15) is 0 Å². The summed E-state index contributed by atoms with van der Waals surface area (Å²) < 4.78 is 15.4. The molecule has 1 amide bonds. The number of methoxy groups -OCH3 is 1. The highest BCUT2D eigenvalue weighted by Crippen LogP contribution is 2.28. The Morgan fingerprint density at radius 2 is 2.07 bits per heavy atom. The first-order chi connectivity index (χ1) is 14.4. The molecule has 8 nitrogen and oxygen atoms in total. The Bertz CT molecular complexity index is 1020. The minimum atomic E-state index is -0.776. The van der Waals surface area contributed by atoms with Crippen molar-refractivity contribution >= 4 is 46.1 Å². The predicted octanol–water partition coefficient (Wildman–Crippen LogP) is 3.41. The molecule has 0 spiro atoms. The molecule has 30 heavy (non-hydrogen) atoms. The van der Waals surface area contributed by atoms with Crippen LogP contribution in [0.5, 0.6) is 5.75 Å². The highest BCUT2D eigenvalue weighted by atomic mass is 32.2. The van der Waals surface area contributed by atoms with Crippen LogP contribution >= 0.6 is 11.8 Å². The highest BCUT2D eigenvalue weighted by Gasteiger charge is 2.35. The molecule has 160 valence electrons. The molecule has 1 aromatic heterocycles. The largest absolute Gasteiger partial charge is 0.497 e. The van der Waals surface area contributed by atoms with Gasteiger partial charge in [-0.3, -0.25) is 14.9 Å². The highest BCUT2D eigenvalue weighted by molar-refractivity contribution is 8.00. The van der Waals surface area contributed by atoms with Crippen LogP contribution in [-0.4, -0.2) is 42.9 Å². The maximum absolute atomic E-state index is 12.3. The van der Waals surface area contributed by atoms with Crippen molar-refractivity contribution in [3.05, 3.63) is 34.7 Å². The van der Waals surface area contributed by atoms with Crippen LogP contribution in [0.3, 0.4) is 0 Å². The Balaban J connectivity index is 1.50. The van der Waals surface area contributed by atoms with Gasteiger partial charge in [-0.05, 0) is 43.7 Å². The second kappa shape index (κ2) is 9.80. The van der Waals surface area contributed by atoms with E-state index in [1.807, 2.05) is 0 Å². The molecule has 1 aliphatic rings. The minimum absolute atomic E-state index is 0.00737. The summed E-state index contributed by atoms with van der Waals surface area (Å²) in [5.74, 6) is 0.326. The van der Waals surface area contributed by atoms with Crippen molar-refractivity contribution in [1.82, 2.24) is 0 Å². The Kier molecular flexibility index (Phi) is 7.15. The number of amides is 1. The van der Waals surface area contributed by atoms with Crippen molar-refractivity contribution in [2.24, 2.45) is 5.92 Å². The average molecular weight is 433 g/mol. The number of benzene rings is 1. The monoisotopic (exact) mass is 433 g/mol. The van der Waals surface area contributed by atoms with Gasteiger partial charge < -0.3 is 13.9 Å². The second-order valence-electron chi connectivity index (χ2n) is 6.97. The fourth-order valence-electron chi connectivity index (χ4n) is 3.44. The van der Waals surface area contributed by atoms with Crippen LogP contribution in [-0.2, 0) is 14.3 Å². The van der Waals surface area contributed by atoms with Gasteiger partial charge in [0.15, 0.2) is 11.6 Å². The lowest BCUT2D eigenvalue weighted by molar-refractivity contribution is -0.132. The molecule has 2 aromatic rings. The normalized spacial score (nSPS) is 19.0. The lowest BCUT2D eigenvalue weighted by Gasteiger charge is -2.25. The molecule has 1 N–H and O–H groups in total. The first-order valence-corrected chi connectivity index (χ1v) is 10.9. The summed E-state index contributed by atoms with van der Waals surface area (Å²) >= 11 is 1.28. The minimum Gasteiger partial charge on any atom is -0.497 e. The zero-order valence-electron chi connectivity index (χ0n) is 16.8. The van der Waals surface area contributed by atoms with Crippen molar-refractivity contribution in [3.63, 3.8) is 0 Å². The van der Waals surface area contributed by atoms with E-state index in [9.17, 15) is 19.2 Å². The summed E-state index contributed by atoms with van der Waals surface area (Å²) in [6.07, 6.45) is 2.98. The van der Waals surface area contributed by atoms with Crippen molar-refractivity contribution in [3.8, 4) is 5.75 Å². The fraction of sp³-hybridized carbons (Fsp3) is 0.429. The van der Waals surface area contributed by atoms with Gasteiger partial charge in [0, 0.05) is 23.8 Å². The number of hydrogen-bond acceptors (Lipinski definition) is 8. The summed E-state index contributed by atoms with van der Waals surface area (Å²) in [4.78, 5) is 48.2. The molecule has 0 aliphatic heterocycles. The SMILES string of the molecule is COc1ccc2cc(NC(=O)OCCCC3CCC(=O)C(SC)C3=O)c(=O)oc2c1. The number of carbonyl (C=O) groups excluding carboxylic acids is 3. The number of thioether (sulfide) groups is 1. The Morgan fingerprint density at radius 1 is 1.27 bits per heavy atom. The summed E-state index contributed by atoms with van der Waals surface area (Å²) in [6, 6.07) is 6.51. The topological polar surface area (TPSA) is 112 Å². The van der Waals surface area contributed by atoms with Crippen LogP contribution in [0, 0.1) is 5.92 Å². The van der Waals surface area contributed by atoms with E-state index in [4.69, 9.17) is 13.9 Å². The molecule has 1 aromatic carbocycles. The molecule has 1 saturated carbocycles. The Hall–Kier alpha value is -2.81. The molecule has 2 atom stereocenters. The Labute approximate surface area is 177 Å². The number of Topliss-reactive ketones (excluding diaryl/α,β-unsaturated/α-hetero) is 2. The van der Waals surface area contributed by atoms with Crippen LogP contribution < -0.4 is 15.7 Å². The second-order valence-corrected chi connectivity index (χ2v) is 7.92. The molecule has 2 unspecified atom stereocenters. The summed E-state index contributed by atoms with van der Waals surface area (Å²) in [7, 11) is 1.51. The first-order valence-electron chi connectivity index (χ1n) is 9.58. The molecule has 0 bridgehead atoms. The van der Waals surface area contributed by atoms with Crippen molar-refractivity contribution < 1.29 is 28.3 Å². The van der Waals surface area contributed by atoms with Crippen molar-refractivity contribution in [1.29, 1.82) is 0 Å². The van der Waals surface area contributed by atoms with Crippen LogP contribution in [0.4, 0.5) is 10.5 Å². The number of nitrogens with one attached hydrogen (secondary N) is 1. The first kappa shape index (κ1) is 21.9. The van der Waals surface area contributed by atoms with E-state index >= 15 is 0 Å². The number of carbonyl (C=O) groups is 3. The third-order valence-electron chi connectivity index (χ3n) is 5.04. The van der Waals surface area contributed by atoms with Crippen LogP contribution in [0.1, 0.15) is 25.7 Å². The molecule has 1 aliphatic carbocycles. The van der Waals surface area contributed by atoms with Gasteiger partial charge in [-0.1, -0.05) is 0 Å². The molecule has 9 heteroatoms. The van der Waals surface area contributed by atoms with Gasteiger partial charge in [0.25, 0.3) is 0 Å². The van der Waals surface area contributed by atoms with Gasteiger partial charge in [-0.15, -0.1) is 11.8 Å². The quantitative estimate of drug-likeness (QED) is 0.402. The zero-order valence-corrected chi connectivity index (χ0v) is 17.6. The van der Waals surface area contributed by atoms with Crippen molar-refractivity contribution in [2.45, 2.75) is 30.9 Å². The van der Waals surface area contributed by atoms with E-state index in [0.717, 1.165) is 0 Å². The summed E-state index contributed by atoms with van der Waals surface area (Å²) in [6.45, 7) is 0.101. The number of fused-ring (bicyclic) bond motifs is 1. The van der Waals surface area contributed by atoms with Gasteiger partial charge in [-0.25, -0.2) is 9.59 Å². The Morgan fingerprint density at radius 3 is 2.80 bits per heavy atom. The molecule has 3 rings (SSSR count). The van der Waals surface area contributed by atoms with E-state index in [1.54, 1.807) is 24.5 Å². The van der Waals surface area contributed by atoms with Crippen LogP contribution in [0.2, 0.25) is 0 Å². The summed E-state index contributed by atoms with van der Waals surface area (Å²) in [5, 5.41) is 2.44. The molecule has 1 fully saturated rings. The number of rotatable bonds is 7.